The molecule has 1 aromatic carbocycles. The first-order chi connectivity index (χ1) is 16.5. The van der Waals surface area contributed by atoms with Gasteiger partial charge in [0.25, 0.3) is 5.91 Å². The second-order valence-electron chi connectivity index (χ2n) is 8.40. The molecule has 0 saturated heterocycles. The monoisotopic (exact) mass is 451 g/mol. The Balaban J connectivity index is 1.35. The molecule has 1 amide bonds. The Morgan fingerprint density at radius 1 is 1.00 bits per heavy atom. The van der Waals surface area contributed by atoms with Gasteiger partial charge in [-0.15, -0.1) is 0 Å². The van der Waals surface area contributed by atoms with E-state index in [-0.39, 0.29) is 11.9 Å². The average molecular weight is 452 g/mol. The van der Waals surface area contributed by atoms with Crippen molar-refractivity contribution in [2.75, 3.05) is 10.6 Å². The summed E-state index contributed by atoms with van der Waals surface area (Å²) in [5.74, 6) is -0.181. The van der Waals surface area contributed by atoms with Crippen LogP contribution in [0.2, 0.25) is 0 Å². The Kier molecular flexibility index (Phi) is 5.55. The molecular weight excluding hydrogens is 426 g/mol. The molecule has 5 aromatic rings. The van der Waals surface area contributed by atoms with Crippen molar-refractivity contribution in [3.8, 4) is 11.1 Å². The van der Waals surface area contributed by atoms with Gasteiger partial charge in [0.1, 0.15) is 0 Å². The minimum absolute atomic E-state index is 0.00691. The van der Waals surface area contributed by atoms with Crippen LogP contribution >= 0.6 is 0 Å². The summed E-state index contributed by atoms with van der Waals surface area (Å²) in [5.41, 5.74) is 7.29. The van der Waals surface area contributed by atoms with E-state index in [1.807, 2.05) is 79.7 Å². The van der Waals surface area contributed by atoms with Crippen LogP contribution in [-0.2, 0) is 7.05 Å². The fourth-order valence-electron chi connectivity index (χ4n) is 3.93. The molecule has 34 heavy (non-hydrogen) atoms. The van der Waals surface area contributed by atoms with Gasteiger partial charge in [0, 0.05) is 49.1 Å². The van der Waals surface area contributed by atoms with Crippen molar-refractivity contribution in [3.05, 3.63) is 96.3 Å². The van der Waals surface area contributed by atoms with Crippen molar-refractivity contribution in [3.63, 3.8) is 0 Å². The van der Waals surface area contributed by atoms with Crippen LogP contribution in [0.25, 0.3) is 16.6 Å². The number of fused-ring (bicyclic) bond motifs is 1. The standard InChI is InChI=1S/C26H25N7O/c1-17-9-21(13-27-12-17)26(34)31-23-6-4-5-19(10-23)18(2)30-24-15-29-33-8-7-20(11-25(24)33)22-14-28-32(3)16-22/h4-16,18,30H,1-3H3,(H,31,34)/t18-/m0/s1. The third kappa shape index (κ3) is 4.38. The predicted octanol–water partition coefficient (Wildman–Crippen LogP) is 4.86. The topological polar surface area (TPSA) is 89.1 Å². The lowest BCUT2D eigenvalue weighted by Crippen LogP contribution is -2.13. The maximum atomic E-state index is 12.6. The third-order valence-electron chi connectivity index (χ3n) is 5.71. The number of rotatable bonds is 6. The van der Waals surface area contributed by atoms with Crippen molar-refractivity contribution in [2.45, 2.75) is 19.9 Å². The van der Waals surface area contributed by atoms with Crippen molar-refractivity contribution >= 4 is 22.8 Å². The molecule has 8 nitrogen and oxygen atoms in total. The molecule has 170 valence electrons. The number of pyridine rings is 2. The van der Waals surface area contributed by atoms with E-state index in [1.165, 1.54) is 0 Å². The molecule has 0 fully saturated rings. The van der Waals surface area contributed by atoms with E-state index in [0.717, 1.165) is 39.1 Å². The number of aromatic nitrogens is 5. The second kappa shape index (κ2) is 8.82. The molecule has 0 aliphatic heterocycles. The summed E-state index contributed by atoms with van der Waals surface area (Å²) in [6.07, 6.45) is 10.9. The van der Waals surface area contributed by atoms with E-state index >= 15 is 0 Å². The van der Waals surface area contributed by atoms with Gasteiger partial charge in [-0.3, -0.25) is 14.5 Å². The zero-order chi connectivity index (χ0) is 23.7. The largest absolute Gasteiger partial charge is 0.375 e. The number of benzene rings is 1. The number of nitrogens with zero attached hydrogens (tertiary/aromatic N) is 5. The number of anilines is 2. The quantitative estimate of drug-likeness (QED) is 0.385. The van der Waals surface area contributed by atoms with Crippen LogP contribution in [0, 0.1) is 6.92 Å². The molecule has 0 radical (unpaired) electrons. The molecule has 0 saturated carbocycles. The highest BCUT2D eigenvalue weighted by atomic mass is 16.1. The molecule has 5 rings (SSSR count). The molecule has 0 aliphatic carbocycles. The van der Waals surface area contributed by atoms with E-state index in [0.29, 0.717) is 5.56 Å². The van der Waals surface area contributed by atoms with E-state index < -0.39 is 0 Å². The summed E-state index contributed by atoms with van der Waals surface area (Å²) in [5, 5.41) is 15.3. The first-order valence-corrected chi connectivity index (χ1v) is 11.0. The van der Waals surface area contributed by atoms with Gasteiger partial charge in [-0.2, -0.15) is 10.2 Å². The van der Waals surface area contributed by atoms with Crippen LogP contribution in [0.1, 0.15) is 34.5 Å². The maximum absolute atomic E-state index is 12.6. The number of carbonyl (C=O) groups is 1. The van der Waals surface area contributed by atoms with Gasteiger partial charge in [0.15, 0.2) is 0 Å². The van der Waals surface area contributed by atoms with Crippen LogP contribution in [-0.4, -0.2) is 30.3 Å². The highest BCUT2D eigenvalue weighted by molar-refractivity contribution is 6.04. The number of aryl methyl sites for hydroxylation is 2. The maximum Gasteiger partial charge on any atom is 0.257 e. The second-order valence-corrected chi connectivity index (χ2v) is 8.40. The van der Waals surface area contributed by atoms with Gasteiger partial charge >= 0.3 is 0 Å². The molecule has 0 unspecified atom stereocenters. The van der Waals surface area contributed by atoms with Gasteiger partial charge in [-0.1, -0.05) is 12.1 Å². The summed E-state index contributed by atoms with van der Waals surface area (Å²) in [6, 6.07) is 13.8. The zero-order valence-electron chi connectivity index (χ0n) is 19.2. The van der Waals surface area contributed by atoms with Crippen molar-refractivity contribution in [1.82, 2.24) is 24.4 Å². The highest BCUT2D eigenvalue weighted by Gasteiger charge is 2.13. The van der Waals surface area contributed by atoms with Crippen molar-refractivity contribution in [1.29, 1.82) is 0 Å². The molecular formula is C26H25N7O. The number of hydrogen-bond acceptors (Lipinski definition) is 5. The van der Waals surface area contributed by atoms with Crippen LogP contribution in [0.5, 0.6) is 0 Å². The SMILES string of the molecule is Cc1cncc(C(=O)Nc2cccc([C@H](C)Nc3cnn4ccc(-c5cnn(C)c5)cc34)c2)c1. The Morgan fingerprint density at radius 2 is 1.88 bits per heavy atom. The molecule has 0 spiro atoms. The fraction of sp³-hybridized carbons (Fsp3) is 0.154. The Bertz CT molecular complexity index is 1480. The molecule has 4 aromatic heterocycles. The number of nitrogens with one attached hydrogen (secondary N) is 2. The first kappa shape index (κ1) is 21.4. The minimum Gasteiger partial charge on any atom is -0.375 e. The lowest BCUT2D eigenvalue weighted by Gasteiger charge is -2.16. The fourth-order valence-corrected chi connectivity index (χ4v) is 3.93. The predicted molar refractivity (Wildman–Crippen MR) is 133 cm³/mol. The summed E-state index contributed by atoms with van der Waals surface area (Å²) >= 11 is 0. The van der Waals surface area contributed by atoms with Crippen LogP contribution in [0.4, 0.5) is 11.4 Å². The number of carbonyl (C=O) groups excluding carboxylic acids is 1. The van der Waals surface area contributed by atoms with Crippen LogP contribution in [0.3, 0.4) is 0 Å². The van der Waals surface area contributed by atoms with E-state index in [2.05, 4.69) is 38.8 Å². The van der Waals surface area contributed by atoms with Gasteiger partial charge in [-0.25, -0.2) is 4.52 Å². The lowest BCUT2D eigenvalue weighted by atomic mass is 10.1. The molecule has 1 atom stereocenters. The van der Waals surface area contributed by atoms with Gasteiger partial charge in [0.05, 0.1) is 29.2 Å². The zero-order valence-corrected chi connectivity index (χ0v) is 19.2. The highest BCUT2D eigenvalue weighted by Crippen LogP contribution is 2.28. The third-order valence-corrected chi connectivity index (χ3v) is 5.71. The molecule has 2 N–H and O–H groups in total. The van der Waals surface area contributed by atoms with E-state index in [1.54, 1.807) is 17.1 Å². The van der Waals surface area contributed by atoms with Crippen molar-refractivity contribution < 1.29 is 4.79 Å². The summed E-state index contributed by atoms with van der Waals surface area (Å²) in [4.78, 5) is 16.7. The van der Waals surface area contributed by atoms with Crippen molar-refractivity contribution in [2.24, 2.45) is 7.05 Å². The smallest absolute Gasteiger partial charge is 0.257 e. The van der Waals surface area contributed by atoms with Gasteiger partial charge in [0.2, 0.25) is 0 Å². The summed E-state index contributed by atoms with van der Waals surface area (Å²) in [7, 11) is 1.91. The molecule has 8 heteroatoms. The number of amides is 1. The van der Waals surface area contributed by atoms with E-state index in [4.69, 9.17) is 0 Å². The van der Waals surface area contributed by atoms with Crippen LogP contribution < -0.4 is 10.6 Å². The molecule has 0 aliphatic rings. The van der Waals surface area contributed by atoms with E-state index in [9.17, 15) is 4.79 Å². The Morgan fingerprint density at radius 3 is 2.68 bits per heavy atom. The molecule has 4 heterocycles. The van der Waals surface area contributed by atoms with Gasteiger partial charge in [-0.05, 0) is 60.9 Å². The number of hydrogen-bond donors (Lipinski definition) is 2. The summed E-state index contributed by atoms with van der Waals surface area (Å²) < 4.78 is 3.64. The van der Waals surface area contributed by atoms with Gasteiger partial charge < -0.3 is 10.6 Å². The Labute approximate surface area is 197 Å². The average Bonchev–Trinajstić information content (AvgIpc) is 3.45. The molecule has 0 bridgehead atoms. The normalized spacial score (nSPS) is 12.0. The summed E-state index contributed by atoms with van der Waals surface area (Å²) in [6.45, 7) is 4.00. The first-order valence-electron chi connectivity index (χ1n) is 11.0. The minimum atomic E-state index is -0.181. The Hall–Kier alpha value is -4.46. The van der Waals surface area contributed by atoms with Crippen LogP contribution in [0.15, 0.2) is 79.6 Å². The lowest BCUT2D eigenvalue weighted by molar-refractivity contribution is 0.102.